The van der Waals surface area contributed by atoms with Crippen LogP contribution in [0.2, 0.25) is 5.02 Å². The lowest BCUT2D eigenvalue weighted by molar-refractivity contribution is 0.171. The molecule has 0 aliphatic carbocycles. The van der Waals surface area contributed by atoms with Crippen LogP contribution in [0.15, 0.2) is 52.2 Å². The van der Waals surface area contributed by atoms with Crippen molar-refractivity contribution in [2.24, 2.45) is 0 Å². The molecule has 0 bridgehead atoms. The number of aromatic amines is 1. The van der Waals surface area contributed by atoms with Gasteiger partial charge in [-0.05, 0) is 42.7 Å². The van der Waals surface area contributed by atoms with Gasteiger partial charge >= 0.3 is 0 Å². The van der Waals surface area contributed by atoms with Crippen LogP contribution in [-0.2, 0) is 16.6 Å². The first-order valence-electron chi connectivity index (χ1n) is 11.9. The number of sulfonamides is 1. The Morgan fingerprint density at radius 1 is 1.11 bits per heavy atom. The first-order valence-corrected chi connectivity index (χ1v) is 13.7. The number of halogens is 1. The molecule has 0 unspecified atom stereocenters. The fourth-order valence-electron chi connectivity index (χ4n) is 4.71. The second kappa shape index (κ2) is 9.43. The Morgan fingerprint density at radius 2 is 1.95 bits per heavy atom. The van der Waals surface area contributed by atoms with Crippen molar-refractivity contribution in [2.75, 3.05) is 26.3 Å². The second-order valence-corrected chi connectivity index (χ2v) is 11.4. The van der Waals surface area contributed by atoms with Gasteiger partial charge in [0, 0.05) is 30.1 Å². The van der Waals surface area contributed by atoms with Gasteiger partial charge < -0.3 is 14.5 Å². The van der Waals surface area contributed by atoms with Crippen LogP contribution in [0.1, 0.15) is 30.1 Å². The van der Waals surface area contributed by atoms with Crippen LogP contribution in [-0.4, -0.2) is 64.0 Å². The molecule has 1 fully saturated rings. The summed E-state index contributed by atoms with van der Waals surface area (Å²) in [7, 11) is -3.80. The van der Waals surface area contributed by atoms with Crippen molar-refractivity contribution >= 4 is 32.8 Å². The molecule has 2 aliphatic heterocycles. The Bertz CT molecular complexity index is 1650. The van der Waals surface area contributed by atoms with Crippen LogP contribution in [0.3, 0.4) is 0 Å². The summed E-state index contributed by atoms with van der Waals surface area (Å²) in [5.74, 6) is 1.05. The van der Waals surface area contributed by atoms with E-state index in [1.807, 2.05) is 18.2 Å². The van der Waals surface area contributed by atoms with Gasteiger partial charge in [-0.3, -0.25) is 4.79 Å². The van der Waals surface area contributed by atoms with E-state index >= 15 is 0 Å². The van der Waals surface area contributed by atoms with E-state index in [1.165, 1.54) is 16.4 Å². The zero-order valence-electron chi connectivity index (χ0n) is 19.6. The highest BCUT2D eigenvalue weighted by molar-refractivity contribution is 7.89. The Labute approximate surface area is 217 Å². The van der Waals surface area contributed by atoms with Crippen LogP contribution in [0, 0.1) is 0 Å². The van der Waals surface area contributed by atoms with E-state index in [0.717, 1.165) is 5.56 Å². The highest BCUT2D eigenvalue weighted by atomic mass is 35.5. The summed E-state index contributed by atoms with van der Waals surface area (Å²) in [6.07, 6.45) is 1.30. The summed E-state index contributed by atoms with van der Waals surface area (Å²) in [6, 6.07) is 12.0. The minimum absolute atomic E-state index is 0.127. The quantitative estimate of drug-likeness (QED) is 0.407. The predicted octanol–water partition coefficient (Wildman–Crippen LogP) is 2.56. The van der Waals surface area contributed by atoms with Crippen LogP contribution in [0.4, 0.5) is 0 Å². The number of nitrogens with zero attached hydrogens (tertiary/aromatic N) is 5. The molecular formula is C24H23ClN6O5S. The normalized spacial score (nSPS) is 18.2. The van der Waals surface area contributed by atoms with E-state index in [0.29, 0.717) is 67.1 Å². The summed E-state index contributed by atoms with van der Waals surface area (Å²) >= 11 is 6.10. The van der Waals surface area contributed by atoms with Gasteiger partial charge in [-0.25, -0.2) is 18.1 Å². The minimum Gasteiger partial charge on any atom is -0.486 e. The number of aromatic nitrogens is 5. The Kier molecular flexibility index (Phi) is 6.09. The molecule has 1 atom stereocenters. The first-order chi connectivity index (χ1) is 17.9. The van der Waals surface area contributed by atoms with Gasteiger partial charge in [0.05, 0.1) is 11.4 Å². The van der Waals surface area contributed by atoms with E-state index < -0.39 is 15.6 Å². The molecule has 37 heavy (non-hydrogen) atoms. The number of H-pyrrole nitrogens is 1. The standard InChI is InChI=1S/C24H23ClN6O5S/c25-17-5-1-3-15(11-17)13-31-23-21(28-29-31)24(32)27-22(26-23)16-4-2-8-30(14-16)37(33,34)18-6-7-19-20(12-18)36-10-9-35-19/h1,3,5-7,11-12,16H,2,4,8-10,13-14H2,(H,26,27,32)/t16-/m0/s1. The maximum Gasteiger partial charge on any atom is 0.281 e. The lowest BCUT2D eigenvalue weighted by atomic mass is 9.99. The number of ether oxygens (including phenoxy) is 2. The maximum atomic E-state index is 13.5. The van der Waals surface area contributed by atoms with Gasteiger partial charge in [0.25, 0.3) is 5.56 Å². The average molecular weight is 543 g/mol. The van der Waals surface area contributed by atoms with E-state index in [4.69, 9.17) is 21.1 Å². The summed E-state index contributed by atoms with van der Waals surface area (Å²) in [6.45, 7) is 1.68. The van der Waals surface area contributed by atoms with Crippen molar-refractivity contribution < 1.29 is 17.9 Å². The third-order valence-electron chi connectivity index (χ3n) is 6.54. The van der Waals surface area contributed by atoms with Gasteiger partial charge in [-0.1, -0.05) is 28.9 Å². The third-order valence-corrected chi connectivity index (χ3v) is 8.63. The third kappa shape index (κ3) is 4.56. The number of benzene rings is 2. The summed E-state index contributed by atoms with van der Waals surface area (Å²) in [5, 5.41) is 8.70. The summed E-state index contributed by atoms with van der Waals surface area (Å²) < 4.78 is 41.0. The van der Waals surface area contributed by atoms with Crippen molar-refractivity contribution in [2.45, 2.75) is 30.2 Å². The van der Waals surface area contributed by atoms with Crippen LogP contribution >= 0.6 is 11.6 Å². The largest absolute Gasteiger partial charge is 0.486 e. The number of piperidine rings is 1. The highest BCUT2D eigenvalue weighted by Crippen LogP contribution is 2.35. The number of nitrogens with one attached hydrogen (secondary N) is 1. The molecule has 13 heteroatoms. The van der Waals surface area contributed by atoms with Crippen molar-refractivity contribution in [1.29, 1.82) is 0 Å². The Balaban J connectivity index is 1.29. The second-order valence-electron chi connectivity index (χ2n) is 9.01. The van der Waals surface area contributed by atoms with Crippen molar-refractivity contribution in [3.8, 4) is 11.5 Å². The lowest BCUT2D eigenvalue weighted by Gasteiger charge is -2.31. The molecule has 0 radical (unpaired) electrons. The number of hydrogen-bond acceptors (Lipinski definition) is 8. The maximum absolute atomic E-state index is 13.5. The first kappa shape index (κ1) is 23.9. The van der Waals surface area contributed by atoms with Crippen LogP contribution in [0.25, 0.3) is 11.2 Å². The molecule has 4 heterocycles. The Morgan fingerprint density at radius 3 is 2.78 bits per heavy atom. The Hall–Kier alpha value is -3.48. The molecule has 192 valence electrons. The number of fused-ring (bicyclic) bond motifs is 2. The van der Waals surface area contributed by atoms with Crippen molar-refractivity contribution in [3.63, 3.8) is 0 Å². The zero-order chi connectivity index (χ0) is 25.6. The van der Waals surface area contributed by atoms with Crippen LogP contribution in [0.5, 0.6) is 11.5 Å². The minimum atomic E-state index is -3.80. The predicted molar refractivity (Wildman–Crippen MR) is 135 cm³/mol. The number of hydrogen-bond donors (Lipinski definition) is 1. The molecule has 0 saturated carbocycles. The molecule has 1 N–H and O–H groups in total. The molecule has 2 aromatic heterocycles. The topological polar surface area (TPSA) is 132 Å². The van der Waals surface area contributed by atoms with Gasteiger partial charge in [0.1, 0.15) is 19.0 Å². The van der Waals surface area contributed by atoms with E-state index in [-0.39, 0.29) is 22.9 Å². The zero-order valence-corrected chi connectivity index (χ0v) is 21.2. The lowest BCUT2D eigenvalue weighted by Crippen LogP contribution is -2.40. The number of rotatable bonds is 5. The van der Waals surface area contributed by atoms with Gasteiger partial charge in [0.2, 0.25) is 10.0 Å². The molecule has 0 amide bonds. The molecule has 0 spiro atoms. The monoisotopic (exact) mass is 542 g/mol. The van der Waals surface area contributed by atoms with E-state index in [2.05, 4.69) is 20.3 Å². The van der Waals surface area contributed by atoms with Gasteiger partial charge in [-0.2, -0.15) is 4.31 Å². The van der Waals surface area contributed by atoms with Crippen LogP contribution < -0.4 is 15.0 Å². The van der Waals surface area contributed by atoms with Crippen molar-refractivity contribution in [3.05, 3.63) is 69.2 Å². The van der Waals surface area contributed by atoms with Gasteiger partial charge in [-0.15, -0.1) is 5.10 Å². The molecule has 1 saturated heterocycles. The molecule has 2 aliphatic rings. The summed E-state index contributed by atoms with van der Waals surface area (Å²) in [5.41, 5.74) is 0.939. The smallest absolute Gasteiger partial charge is 0.281 e. The molecular weight excluding hydrogens is 520 g/mol. The fraction of sp³-hybridized carbons (Fsp3) is 0.333. The molecule has 6 rings (SSSR count). The molecule has 11 nitrogen and oxygen atoms in total. The van der Waals surface area contributed by atoms with E-state index in [1.54, 1.807) is 16.8 Å². The van der Waals surface area contributed by atoms with Crippen molar-refractivity contribution in [1.82, 2.24) is 29.3 Å². The fourth-order valence-corrected chi connectivity index (χ4v) is 6.46. The molecule has 2 aromatic carbocycles. The van der Waals surface area contributed by atoms with Gasteiger partial charge in [0.15, 0.2) is 22.7 Å². The summed E-state index contributed by atoms with van der Waals surface area (Å²) in [4.78, 5) is 20.4. The SMILES string of the molecule is O=c1[nH]c([C@H]2CCCN(S(=O)(=O)c3ccc4c(c3)OCCO4)C2)nc2c1nnn2Cc1cccc(Cl)c1. The average Bonchev–Trinajstić information content (AvgIpc) is 3.31. The van der Waals surface area contributed by atoms with E-state index in [9.17, 15) is 13.2 Å². The highest BCUT2D eigenvalue weighted by Gasteiger charge is 2.33. The molecule has 4 aromatic rings.